The van der Waals surface area contributed by atoms with Crippen molar-refractivity contribution in [3.63, 3.8) is 0 Å². The van der Waals surface area contributed by atoms with E-state index in [0.717, 1.165) is 32.2 Å². The lowest BCUT2D eigenvalue weighted by Crippen LogP contribution is -2.22. The van der Waals surface area contributed by atoms with Crippen LogP contribution in [0, 0.1) is 5.92 Å². The molecule has 104 valence electrons. The van der Waals surface area contributed by atoms with E-state index in [1.165, 1.54) is 25.7 Å². The van der Waals surface area contributed by atoms with Gasteiger partial charge in [-0.2, -0.15) is 15.0 Å². The normalized spacial score (nSPS) is 18.7. The van der Waals surface area contributed by atoms with E-state index in [1.54, 1.807) is 0 Å². The zero-order valence-corrected chi connectivity index (χ0v) is 11.4. The van der Waals surface area contributed by atoms with Crippen molar-refractivity contribution in [2.75, 3.05) is 36.5 Å². The van der Waals surface area contributed by atoms with Gasteiger partial charge >= 0.3 is 6.01 Å². The molecule has 2 fully saturated rings. The van der Waals surface area contributed by atoms with Crippen molar-refractivity contribution in [1.29, 1.82) is 0 Å². The third kappa shape index (κ3) is 3.24. The first-order valence-electron chi connectivity index (χ1n) is 7.23. The standard InChI is InChI=1S/C13H21N5O/c1-2-14-11-15-12(18-7-3-4-8-18)17-13(16-11)19-9-10-5-6-10/h10H,2-9H2,1H3,(H,14,15,16,17). The molecule has 1 saturated carbocycles. The van der Waals surface area contributed by atoms with Crippen molar-refractivity contribution in [3.8, 4) is 6.01 Å². The van der Waals surface area contributed by atoms with Crippen LogP contribution in [0.25, 0.3) is 0 Å². The van der Waals surface area contributed by atoms with Crippen molar-refractivity contribution in [2.24, 2.45) is 5.92 Å². The Morgan fingerprint density at radius 2 is 2.00 bits per heavy atom. The summed E-state index contributed by atoms with van der Waals surface area (Å²) in [5.41, 5.74) is 0. The van der Waals surface area contributed by atoms with Gasteiger partial charge in [0.15, 0.2) is 0 Å². The highest BCUT2D eigenvalue weighted by molar-refractivity contribution is 5.39. The SMILES string of the molecule is CCNc1nc(OCC2CC2)nc(N2CCCC2)n1. The Bertz CT molecular complexity index is 429. The summed E-state index contributed by atoms with van der Waals surface area (Å²) in [5, 5.41) is 3.15. The lowest BCUT2D eigenvalue weighted by molar-refractivity contribution is 0.276. The van der Waals surface area contributed by atoms with Crippen LogP contribution in [0.3, 0.4) is 0 Å². The second kappa shape index (κ2) is 5.59. The molecule has 6 nitrogen and oxygen atoms in total. The van der Waals surface area contributed by atoms with Gasteiger partial charge < -0.3 is 15.0 Å². The molecule has 0 spiro atoms. The molecule has 1 aliphatic heterocycles. The summed E-state index contributed by atoms with van der Waals surface area (Å²) in [6.07, 6.45) is 4.95. The van der Waals surface area contributed by atoms with Crippen LogP contribution in [0.5, 0.6) is 6.01 Å². The van der Waals surface area contributed by atoms with Crippen molar-refractivity contribution >= 4 is 11.9 Å². The Morgan fingerprint density at radius 3 is 2.68 bits per heavy atom. The van der Waals surface area contributed by atoms with Gasteiger partial charge in [0, 0.05) is 19.6 Å². The molecule has 0 aromatic carbocycles. The average Bonchev–Trinajstić information content (AvgIpc) is 3.08. The van der Waals surface area contributed by atoms with Gasteiger partial charge in [0.1, 0.15) is 0 Å². The van der Waals surface area contributed by atoms with Crippen molar-refractivity contribution < 1.29 is 4.74 Å². The van der Waals surface area contributed by atoms with Gasteiger partial charge in [-0.3, -0.25) is 0 Å². The van der Waals surface area contributed by atoms with Gasteiger partial charge in [0.05, 0.1) is 6.61 Å². The highest BCUT2D eigenvalue weighted by Crippen LogP contribution is 2.29. The minimum absolute atomic E-state index is 0.458. The molecular weight excluding hydrogens is 242 g/mol. The molecule has 6 heteroatoms. The lowest BCUT2D eigenvalue weighted by atomic mass is 10.4. The topological polar surface area (TPSA) is 63.2 Å². The lowest BCUT2D eigenvalue weighted by Gasteiger charge is -2.16. The number of hydrogen-bond acceptors (Lipinski definition) is 6. The predicted molar refractivity (Wildman–Crippen MR) is 73.7 cm³/mol. The first-order chi connectivity index (χ1) is 9.35. The Kier molecular flexibility index (Phi) is 3.66. The van der Waals surface area contributed by atoms with Crippen LogP contribution < -0.4 is 15.0 Å². The van der Waals surface area contributed by atoms with E-state index in [0.29, 0.717) is 17.9 Å². The van der Waals surface area contributed by atoms with Crippen LogP contribution in [-0.2, 0) is 0 Å². The zero-order valence-electron chi connectivity index (χ0n) is 11.4. The summed E-state index contributed by atoms with van der Waals surface area (Å²) in [4.78, 5) is 15.4. The van der Waals surface area contributed by atoms with E-state index in [9.17, 15) is 0 Å². The van der Waals surface area contributed by atoms with Crippen LogP contribution >= 0.6 is 0 Å². The second-order valence-corrected chi connectivity index (χ2v) is 5.22. The smallest absolute Gasteiger partial charge is 0.323 e. The quantitative estimate of drug-likeness (QED) is 0.842. The maximum atomic E-state index is 5.69. The number of nitrogens with zero attached hydrogens (tertiary/aromatic N) is 4. The molecule has 0 amide bonds. The number of rotatable bonds is 6. The first-order valence-corrected chi connectivity index (χ1v) is 7.23. The number of hydrogen-bond donors (Lipinski definition) is 1. The molecule has 2 aliphatic rings. The van der Waals surface area contributed by atoms with Crippen LogP contribution in [0.2, 0.25) is 0 Å². The Balaban J connectivity index is 1.75. The van der Waals surface area contributed by atoms with Crippen molar-refractivity contribution in [2.45, 2.75) is 32.6 Å². The summed E-state index contributed by atoms with van der Waals surface area (Å²) < 4.78 is 5.69. The summed E-state index contributed by atoms with van der Waals surface area (Å²) in [6, 6.07) is 0.458. The second-order valence-electron chi connectivity index (χ2n) is 5.22. The van der Waals surface area contributed by atoms with Gasteiger partial charge in [-0.05, 0) is 38.5 Å². The van der Waals surface area contributed by atoms with E-state index in [1.807, 2.05) is 6.92 Å². The molecular formula is C13H21N5O. The summed E-state index contributed by atoms with van der Waals surface area (Å²) >= 11 is 0. The van der Waals surface area contributed by atoms with Gasteiger partial charge in [-0.25, -0.2) is 0 Å². The average molecular weight is 263 g/mol. The molecule has 1 saturated heterocycles. The Labute approximate surface area is 113 Å². The van der Waals surface area contributed by atoms with Gasteiger partial charge in [0.2, 0.25) is 11.9 Å². The maximum absolute atomic E-state index is 5.69. The third-order valence-electron chi connectivity index (χ3n) is 3.47. The number of nitrogens with one attached hydrogen (secondary N) is 1. The molecule has 1 N–H and O–H groups in total. The first kappa shape index (κ1) is 12.4. The van der Waals surface area contributed by atoms with Crippen molar-refractivity contribution in [1.82, 2.24) is 15.0 Å². The Morgan fingerprint density at radius 1 is 1.21 bits per heavy atom. The van der Waals surface area contributed by atoms with Gasteiger partial charge in [-0.1, -0.05) is 0 Å². The minimum Gasteiger partial charge on any atom is -0.463 e. The predicted octanol–water partition coefficient (Wildman–Crippen LogP) is 1.69. The summed E-state index contributed by atoms with van der Waals surface area (Å²) in [6.45, 7) is 5.61. The molecule has 1 aliphatic carbocycles. The van der Waals surface area contributed by atoms with Crippen LogP contribution in [0.15, 0.2) is 0 Å². The number of ether oxygens (including phenoxy) is 1. The molecule has 0 radical (unpaired) electrons. The van der Waals surface area contributed by atoms with Crippen molar-refractivity contribution in [3.05, 3.63) is 0 Å². The van der Waals surface area contributed by atoms with Gasteiger partial charge in [0.25, 0.3) is 0 Å². The van der Waals surface area contributed by atoms with E-state index in [-0.39, 0.29) is 0 Å². The maximum Gasteiger partial charge on any atom is 0.323 e. The molecule has 1 aromatic heterocycles. The highest BCUT2D eigenvalue weighted by atomic mass is 16.5. The van der Waals surface area contributed by atoms with Crippen LogP contribution in [0.4, 0.5) is 11.9 Å². The van der Waals surface area contributed by atoms with Crippen LogP contribution in [-0.4, -0.2) is 41.2 Å². The molecule has 2 heterocycles. The highest BCUT2D eigenvalue weighted by Gasteiger charge is 2.23. The molecule has 19 heavy (non-hydrogen) atoms. The molecule has 1 aromatic rings. The summed E-state index contributed by atoms with van der Waals surface area (Å²) in [5.74, 6) is 2.06. The number of anilines is 2. The monoisotopic (exact) mass is 263 g/mol. The van der Waals surface area contributed by atoms with E-state index < -0.39 is 0 Å². The van der Waals surface area contributed by atoms with Crippen LogP contribution in [0.1, 0.15) is 32.6 Å². The fourth-order valence-corrected chi connectivity index (χ4v) is 2.18. The molecule has 0 atom stereocenters. The molecule has 3 rings (SSSR count). The fraction of sp³-hybridized carbons (Fsp3) is 0.769. The van der Waals surface area contributed by atoms with E-state index in [4.69, 9.17) is 4.74 Å². The van der Waals surface area contributed by atoms with E-state index >= 15 is 0 Å². The number of aromatic nitrogens is 3. The third-order valence-corrected chi connectivity index (χ3v) is 3.47. The molecule has 0 unspecified atom stereocenters. The fourth-order valence-electron chi connectivity index (χ4n) is 2.18. The summed E-state index contributed by atoms with van der Waals surface area (Å²) in [7, 11) is 0. The molecule has 0 bridgehead atoms. The largest absolute Gasteiger partial charge is 0.463 e. The minimum atomic E-state index is 0.458. The zero-order chi connectivity index (χ0) is 13.1. The Hall–Kier alpha value is -1.59. The van der Waals surface area contributed by atoms with E-state index in [2.05, 4.69) is 25.2 Å². The van der Waals surface area contributed by atoms with Gasteiger partial charge in [-0.15, -0.1) is 0 Å².